The van der Waals surface area contributed by atoms with Crippen molar-refractivity contribution in [1.29, 1.82) is 0 Å². The van der Waals surface area contributed by atoms with Crippen LogP contribution in [0.25, 0.3) is 0 Å². The van der Waals surface area contributed by atoms with Crippen molar-refractivity contribution in [2.75, 3.05) is 29.9 Å². The number of aliphatic hydroxyl groups is 1. The minimum Gasteiger partial charge on any atom is -0.396 e. The first-order chi connectivity index (χ1) is 12.8. The Morgan fingerprint density at radius 3 is 2.70 bits per heavy atom. The van der Waals surface area contributed by atoms with E-state index in [2.05, 4.69) is 15.3 Å². The van der Waals surface area contributed by atoms with Crippen molar-refractivity contribution in [3.8, 4) is 0 Å². The number of rotatable bonds is 4. The van der Waals surface area contributed by atoms with Crippen molar-refractivity contribution in [2.24, 2.45) is 5.92 Å². The van der Waals surface area contributed by atoms with Gasteiger partial charge in [0.15, 0.2) is 0 Å². The molecule has 0 saturated carbocycles. The SMILES string of the molecule is OCC1CCCN(c2nc(Nc3ccc(Cl)c(Cl)c3)ncc2C(F)(F)F)C1. The van der Waals surface area contributed by atoms with E-state index < -0.39 is 11.7 Å². The number of halogens is 5. The molecule has 0 radical (unpaired) electrons. The van der Waals surface area contributed by atoms with E-state index in [0.29, 0.717) is 35.2 Å². The normalized spacial score (nSPS) is 17.9. The quantitative estimate of drug-likeness (QED) is 0.746. The van der Waals surface area contributed by atoms with Crippen LogP contribution in [0, 0.1) is 5.92 Å². The van der Waals surface area contributed by atoms with Crippen LogP contribution in [-0.4, -0.2) is 34.8 Å². The lowest BCUT2D eigenvalue weighted by Gasteiger charge is -2.34. The number of anilines is 3. The summed E-state index contributed by atoms with van der Waals surface area (Å²) >= 11 is 11.8. The molecule has 2 aromatic rings. The molecule has 0 spiro atoms. The van der Waals surface area contributed by atoms with Crippen molar-refractivity contribution < 1.29 is 18.3 Å². The third-order valence-corrected chi connectivity index (χ3v) is 5.07. The molecule has 146 valence electrons. The van der Waals surface area contributed by atoms with Gasteiger partial charge >= 0.3 is 6.18 Å². The summed E-state index contributed by atoms with van der Waals surface area (Å²) in [6.07, 6.45) is -2.36. The molecule has 2 heterocycles. The molecule has 1 unspecified atom stereocenters. The average Bonchev–Trinajstić information content (AvgIpc) is 2.64. The lowest BCUT2D eigenvalue weighted by molar-refractivity contribution is -0.137. The number of nitrogens with one attached hydrogen (secondary N) is 1. The third-order valence-electron chi connectivity index (χ3n) is 4.33. The van der Waals surface area contributed by atoms with Crippen LogP contribution < -0.4 is 10.2 Å². The minimum atomic E-state index is -4.58. The topological polar surface area (TPSA) is 61.3 Å². The summed E-state index contributed by atoms with van der Waals surface area (Å²) in [6, 6.07) is 4.72. The van der Waals surface area contributed by atoms with E-state index in [1.165, 1.54) is 6.07 Å². The standard InChI is InChI=1S/C17H17Cl2F3N4O/c18-13-4-3-11(6-14(13)19)24-16-23-7-12(17(20,21)22)15(25-16)26-5-1-2-10(8-26)9-27/h3-4,6-7,10,27H,1-2,5,8-9H2,(H,23,24,25). The molecule has 1 aliphatic heterocycles. The number of piperidine rings is 1. The lowest BCUT2D eigenvalue weighted by atomic mass is 9.99. The van der Waals surface area contributed by atoms with Crippen molar-refractivity contribution in [1.82, 2.24) is 9.97 Å². The number of alkyl halides is 3. The summed E-state index contributed by atoms with van der Waals surface area (Å²) in [5.74, 6) is -0.262. The van der Waals surface area contributed by atoms with Crippen LogP contribution in [0.15, 0.2) is 24.4 Å². The molecule has 1 aliphatic rings. The fourth-order valence-corrected chi connectivity index (χ4v) is 3.28. The first-order valence-electron chi connectivity index (χ1n) is 8.30. The highest BCUT2D eigenvalue weighted by Crippen LogP contribution is 2.37. The van der Waals surface area contributed by atoms with Gasteiger partial charge in [-0.1, -0.05) is 23.2 Å². The van der Waals surface area contributed by atoms with E-state index in [-0.39, 0.29) is 24.3 Å². The maximum absolute atomic E-state index is 13.4. The van der Waals surface area contributed by atoms with Gasteiger partial charge in [-0.05, 0) is 37.0 Å². The van der Waals surface area contributed by atoms with Crippen LogP contribution in [0.5, 0.6) is 0 Å². The fourth-order valence-electron chi connectivity index (χ4n) is 2.98. The maximum Gasteiger partial charge on any atom is 0.421 e. The van der Waals surface area contributed by atoms with Crippen molar-refractivity contribution in [3.63, 3.8) is 0 Å². The van der Waals surface area contributed by atoms with Crippen molar-refractivity contribution >= 4 is 40.7 Å². The van der Waals surface area contributed by atoms with Gasteiger partial charge in [-0.3, -0.25) is 0 Å². The molecule has 2 N–H and O–H groups in total. The van der Waals surface area contributed by atoms with Crippen molar-refractivity contribution in [3.05, 3.63) is 40.0 Å². The number of aliphatic hydroxyl groups excluding tert-OH is 1. The van der Waals surface area contributed by atoms with Gasteiger partial charge in [0, 0.05) is 31.6 Å². The maximum atomic E-state index is 13.4. The monoisotopic (exact) mass is 420 g/mol. The van der Waals surface area contributed by atoms with Crippen LogP contribution in [0.4, 0.5) is 30.6 Å². The molecule has 1 aromatic carbocycles. The molecule has 0 bridgehead atoms. The highest BCUT2D eigenvalue weighted by molar-refractivity contribution is 6.42. The first kappa shape index (κ1) is 20.0. The average molecular weight is 421 g/mol. The molecule has 1 aromatic heterocycles. The highest BCUT2D eigenvalue weighted by atomic mass is 35.5. The van der Waals surface area contributed by atoms with E-state index in [9.17, 15) is 18.3 Å². The van der Waals surface area contributed by atoms with Gasteiger partial charge < -0.3 is 15.3 Å². The summed E-state index contributed by atoms with van der Waals surface area (Å²) < 4.78 is 40.3. The van der Waals surface area contributed by atoms with Gasteiger partial charge in [0.2, 0.25) is 5.95 Å². The second kappa shape index (κ2) is 8.08. The van der Waals surface area contributed by atoms with Crippen LogP contribution in [-0.2, 0) is 6.18 Å². The van der Waals surface area contributed by atoms with Gasteiger partial charge in [-0.15, -0.1) is 0 Å². The number of hydrogen-bond acceptors (Lipinski definition) is 5. The molecule has 1 saturated heterocycles. The zero-order chi connectivity index (χ0) is 19.6. The lowest BCUT2D eigenvalue weighted by Crippen LogP contribution is -2.38. The molecule has 10 heteroatoms. The number of nitrogens with zero attached hydrogens (tertiary/aromatic N) is 3. The van der Waals surface area contributed by atoms with E-state index in [0.717, 1.165) is 12.6 Å². The Morgan fingerprint density at radius 1 is 1.26 bits per heavy atom. The van der Waals surface area contributed by atoms with Crippen LogP contribution in [0.3, 0.4) is 0 Å². The predicted molar refractivity (Wildman–Crippen MR) is 98.8 cm³/mol. The molecular formula is C17H17Cl2F3N4O. The molecule has 0 amide bonds. The first-order valence-corrected chi connectivity index (χ1v) is 9.05. The third kappa shape index (κ3) is 4.75. The molecule has 3 rings (SSSR count). The van der Waals surface area contributed by atoms with Crippen LogP contribution in [0.2, 0.25) is 10.0 Å². The van der Waals surface area contributed by atoms with Gasteiger partial charge in [0.05, 0.1) is 10.0 Å². The largest absolute Gasteiger partial charge is 0.421 e. The zero-order valence-electron chi connectivity index (χ0n) is 14.1. The summed E-state index contributed by atoms with van der Waals surface area (Å²) in [7, 11) is 0. The Balaban J connectivity index is 1.94. The zero-order valence-corrected chi connectivity index (χ0v) is 15.6. The second-order valence-electron chi connectivity index (χ2n) is 6.32. The highest BCUT2D eigenvalue weighted by Gasteiger charge is 2.37. The van der Waals surface area contributed by atoms with Gasteiger partial charge in [0.1, 0.15) is 11.4 Å². The Labute approximate surface area is 164 Å². The summed E-state index contributed by atoms with van der Waals surface area (Å²) in [5.41, 5.74) is -0.400. The molecule has 0 aliphatic carbocycles. The predicted octanol–water partition coefficient (Wildman–Crippen LogP) is 4.75. The fraction of sp³-hybridized carbons (Fsp3) is 0.412. The molecule has 5 nitrogen and oxygen atoms in total. The van der Waals surface area contributed by atoms with Crippen molar-refractivity contribution in [2.45, 2.75) is 19.0 Å². The Morgan fingerprint density at radius 2 is 2.04 bits per heavy atom. The molecule has 27 heavy (non-hydrogen) atoms. The Bertz CT molecular complexity index is 819. The van der Waals surface area contributed by atoms with Crippen LogP contribution >= 0.6 is 23.2 Å². The van der Waals surface area contributed by atoms with Crippen LogP contribution in [0.1, 0.15) is 18.4 Å². The summed E-state index contributed by atoms with van der Waals surface area (Å²) in [4.78, 5) is 9.45. The molecule has 1 fully saturated rings. The number of aromatic nitrogens is 2. The van der Waals surface area contributed by atoms with Gasteiger partial charge in [-0.25, -0.2) is 4.98 Å². The van der Waals surface area contributed by atoms with E-state index >= 15 is 0 Å². The van der Waals surface area contributed by atoms with E-state index in [1.54, 1.807) is 17.0 Å². The summed E-state index contributed by atoms with van der Waals surface area (Å²) in [6.45, 7) is 0.670. The number of benzene rings is 1. The Hall–Kier alpha value is -1.77. The van der Waals surface area contributed by atoms with E-state index in [4.69, 9.17) is 23.2 Å². The molecule has 1 atom stereocenters. The molecular weight excluding hydrogens is 404 g/mol. The van der Waals surface area contributed by atoms with E-state index in [1.807, 2.05) is 0 Å². The summed E-state index contributed by atoms with van der Waals surface area (Å²) in [5, 5.41) is 12.9. The number of hydrogen-bond donors (Lipinski definition) is 2. The minimum absolute atomic E-state index is 0.0162. The Kier molecular flexibility index (Phi) is 5.98. The second-order valence-corrected chi connectivity index (χ2v) is 7.13. The smallest absolute Gasteiger partial charge is 0.396 e. The van der Waals surface area contributed by atoms with Gasteiger partial charge in [-0.2, -0.15) is 18.2 Å². The van der Waals surface area contributed by atoms with Gasteiger partial charge in [0.25, 0.3) is 0 Å².